The smallest absolute Gasteiger partial charge is 0.410 e. The fourth-order valence-electron chi connectivity index (χ4n) is 3.45. The summed E-state index contributed by atoms with van der Waals surface area (Å²) in [6.45, 7) is 8.44. The Balaban J connectivity index is 1.36. The third-order valence-electron chi connectivity index (χ3n) is 4.95. The fourth-order valence-corrected chi connectivity index (χ4v) is 3.45. The van der Waals surface area contributed by atoms with E-state index in [9.17, 15) is 4.79 Å². The van der Waals surface area contributed by atoms with Crippen molar-refractivity contribution in [2.24, 2.45) is 5.92 Å². The first kappa shape index (κ1) is 17.3. The van der Waals surface area contributed by atoms with E-state index < -0.39 is 5.60 Å². The van der Waals surface area contributed by atoms with Crippen LogP contribution >= 0.6 is 0 Å². The van der Waals surface area contributed by atoms with Crippen molar-refractivity contribution in [2.45, 2.75) is 57.6 Å². The summed E-state index contributed by atoms with van der Waals surface area (Å²) in [5.41, 5.74) is 1.04. The molecule has 1 aromatic carbocycles. The molecule has 4 nitrogen and oxygen atoms in total. The van der Waals surface area contributed by atoms with Gasteiger partial charge >= 0.3 is 6.09 Å². The molecular weight excluding hydrogens is 300 g/mol. The number of nitrogens with zero attached hydrogens (tertiary/aromatic N) is 1. The van der Waals surface area contributed by atoms with E-state index in [2.05, 4.69) is 35.6 Å². The van der Waals surface area contributed by atoms with Gasteiger partial charge in [-0.1, -0.05) is 30.3 Å². The number of ether oxygens (including phenoxy) is 1. The molecule has 132 valence electrons. The molecule has 1 saturated heterocycles. The van der Waals surface area contributed by atoms with Crippen LogP contribution in [0.2, 0.25) is 0 Å². The van der Waals surface area contributed by atoms with Crippen LogP contribution in [0, 0.1) is 5.92 Å². The van der Waals surface area contributed by atoms with E-state index in [-0.39, 0.29) is 6.09 Å². The third kappa shape index (κ3) is 4.73. The minimum absolute atomic E-state index is 0.166. The summed E-state index contributed by atoms with van der Waals surface area (Å²) in [5.74, 6) is 1.36. The number of hydrogen-bond donors (Lipinski definition) is 1. The van der Waals surface area contributed by atoms with Crippen molar-refractivity contribution in [3.8, 4) is 0 Å². The molecule has 0 spiro atoms. The van der Waals surface area contributed by atoms with Gasteiger partial charge in [0, 0.05) is 25.0 Å². The van der Waals surface area contributed by atoms with Crippen LogP contribution in [0.1, 0.15) is 51.5 Å². The van der Waals surface area contributed by atoms with Crippen molar-refractivity contribution in [3.05, 3.63) is 35.9 Å². The zero-order valence-corrected chi connectivity index (χ0v) is 15.1. The summed E-state index contributed by atoms with van der Waals surface area (Å²) < 4.78 is 5.46. The van der Waals surface area contributed by atoms with Gasteiger partial charge in [-0.15, -0.1) is 0 Å². The van der Waals surface area contributed by atoms with Crippen LogP contribution in [0.3, 0.4) is 0 Å². The van der Waals surface area contributed by atoms with Gasteiger partial charge in [0.2, 0.25) is 0 Å². The van der Waals surface area contributed by atoms with Crippen molar-refractivity contribution in [1.29, 1.82) is 0 Å². The van der Waals surface area contributed by atoms with E-state index in [1.165, 1.54) is 12.0 Å². The van der Waals surface area contributed by atoms with Gasteiger partial charge in [-0.2, -0.15) is 0 Å². The standard InChI is InChI=1S/C20H30N2O2/c1-20(2,3)24-19(23)22-11-9-15(10-12-22)14-21-18-13-17(18)16-7-5-4-6-8-16/h4-8,15,17-18,21H,9-14H2,1-3H3. The van der Waals surface area contributed by atoms with Gasteiger partial charge in [0.05, 0.1) is 0 Å². The molecule has 0 aromatic heterocycles. The van der Waals surface area contributed by atoms with Crippen molar-refractivity contribution in [3.63, 3.8) is 0 Å². The van der Waals surface area contributed by atoms with Crippen LogP contribution in [0.4, 0.5) is 4.79 Å². The molecule has 0 radical (unpaired) electrons. The van der Waals surface area contributed by atoms with Gasteiger partial charge in [-0.3, -0.25) is 0 Å². The lowest BCUT2D eigenvalue weighted by Crippen LogP contribution is -2.43. The van der Waals surface area contributed by atoms with Crippen LogP contribution in [0.25, 0.3) is 0 Å². The largest absolute Gasteiger partial charge is 0.444 e. The molecule has 0 bridgehead atoms. The number of nitrogens with one attached hydrogen (secondary N) is 1. The number of carbonyl (C=O) groups excluding carboxylic acids is 1. The second-order valence-electron chi connectivity index (χ2n) is 8.18. The van der Waals surface area contributed by atoms with Crippen molar-refractivity contribution >= 4 is 6.09 Å². The van der Waals surface area contributed by atoms with Gasteiger partial charge in [0.25, 0.3) is 0 Å². The van der Waals surface area contributed by atoms with Crippen molar-refractivity contribution in [1.82, 2.24) is 10.2 Å². The second kappa shape index (κ2) is 7.14. The minimum atomic E-state index is -0.409. The van der Waals surface area contributed by atoms with Crippen LogP contribution in [-0.2, 0) is 4.74 Å². The molecule has 2 aliphatic rings. The predicted octanol–water partition coefficient (Wildman–Crippen LogP) is 3.78. The molecule has 4 heteroatoms. The average molecular weight is 330 g/mol. The van der Waals surface area contributed by atoms with Gasteiger partial charge in [0.1, 0.15) is 5.60 Å². The van der Waals surface area contributed by atoms with E-state index in [0.717, 1.165) is 32.5 Å². The first-order valence-corrected chi connectivity index (χ1v) is 9.18. The Kier molecular flexibility index (Phi) is 5.14. The SMILES string of the molecule is CC(C)(C)OC(=O)N1CCC(CNC2CC2c2ccccc2)CC1. The Labute approximate surface area is 145 Å². The third-order valence-corrected chi connectivity index (χ3v) is 4.95. The van der Waals surface area contributed by atoms with Crippen molar-refractivity contribution in [2.75, 3.05) is 19.6 Å². The Bertz CT molecular complexity index is 545. The topological polar surface area (TPSA) is 41.6 Å². The predicted molar refractivity (Wildman–Crippen MR) is 96.1 cm³/mol. The van der Waals surface area contributed by atoms with E-state index in [1.54, 1.807) is 0 Å². The van der Waals surface area contributed by atoms with Crippen LogP contribution in [-0.4, -0.2) is 42.3 Å². The summed E-state index contributed by atoms with van der Waals surface area (Å²) in [6.07, 6.45) is 3.21. The van der Waals surface area contributed by atoms with Crippen LogP contribution in [0.5, 0.6) is 0 Å². The maximum atomic E-state index is 12.1. The molecule has 1 amide bonds. The number of carbonyl (C=O) groups is 1. The second-order valence-corrected chi connectivity index (χ2v) is 8.18. The zero-order chi connectivity index (χ0) is 17.2. The fraction of sp³-hybridized carbons (Fsp3) is 0.650. The molecular formula is C20H30N2O2. The van der Waals surface area contributed by atoms with Gasteiger partial charge in [-0.05, 0) is 58.1 Å². The van der Waals surface area contributed by atoms with E-state index >= 15 is 0 Å². The first-order valence-electron chi connectivity index (χ1n) is 9.18. The molecule has 2 fully saturated rings. The number of piperidine rings is 1. The maximum absolute atomic E-state index is 12.1. The normalized spacial score (nSPS) is 24.7. The van der Waals surface area contributed by atoms with Crippen LogP contribution < -0.4 is 5.32 Å². The lowest BCUT2D eigenvalue weighted by molar-refractivity contribution is 0.0184. The highest BCUT2D eigenvalue weighted by molar-refractivity contribution is 5.68. The highest BCUT2D eigenvalue weighted by Crippen LogP contribution is 2.40. The summed E-state index contributed by atoms with van der Waals surface area (Å²) in [7, 11) is 0. The summed E-state index contributed by atoms with van der Waals surface area (Å²) in [6, 6.07) is 11.4. The summed E-state index contributed by atoms with van der Waals surface area (Å²) in [5, 5.41) is 3.72. The maximum Gasteiger partial charge on any atom is 0.410 e. The van der Waals surface area contributed by atoms with E-state index in [4.69, 9.17) is 4.74 Å². The molecule has 3 rings (SSSR count). The van der Waals surface area contributed by atoms with Gasteiger partial charge in [-0.25, -0.2) is 4.79 Å². The van der Waals surface area contributed by atoms with Crippen LogP contribution in [0.15, 0.2) is 30.3 Å². The minimum Gasteiger partial charge on any atom is -0.444 e. The molecule has 1 aliphatic heterocycles. The number of hydrogen-bond acceptors (Lipinski definition) is 3. The van der Waals surface area contributed by atoms with E-state index in [0.29, 0.717) is 17.9 Å². The number of benzene rings is 1. The highest BCUT2D eigenvalue weighted by Gasteiger charge is 2.38. The molecule has 1 N–H and O–H groups in total. The monoisotopic (exact) mass is 330 g/mol. The summed E-state index contributed by atoms with van der Waals surface area (Å²) >= 11 is 0. The van der Waals surface area contributed by atoms with Gasteiger partial charge in [0.15, 0.2) is 0 Å². The Hall–Kier alpha value is -1.55. The summed E-state index contributed by atoms with van der Waals surface area (Å²) in [4.78, 5) is 13.9. The Morgan fingerprint density at radius 3 is 2.50 bits per heavy atom. The lowest BCUT2D eigenvalue weighted by atomic mass is 9.97. The highest BCUT2D eigenvalue weighted by atomic mass is 16.6. The number of rotatable bonds is 4. The molecule has 2 atom stereocenters. The quantitative estimate of drug-likeness (QED) is 0.913. The molecule has 24 heavy (non-hydrogen) atoms. The molecule has 1 heterocycles. The van der Waals surface area contributed by atoms with Crippen molar-refractivity contribution < 1.29 is 9.53 Å². The first-order chi connectivity index (χ1) is 11.4. The number of amides is 1. The van der Waals surface area contributed by atoms with E-state index in [1.807, 2.05) is 25.7 Å². The zero-order valence-electron chi connectivity index (χ0n) is 15.1. The Morgan fingerprint density at radius 1 is 1.21 bits per heavy atom. The average Bonchev–Trinajstić information content (AvgIpc) is 3.32. The lowest BCUT2D eigenvalue weighted by Gasteiger charge is -2.33. The number of likely N-dealkylation sites (tertiary alicyclic amines) is 1. The molecule has 2 unspecified atom stereocenters. The molecule has 1 aromatic rings. The molecule has 1 saturated carbocycles. The van der Waals surface area contributed by atoms with Gasteiger partial charge < -0.3 is 15.0 Å². The Morgan fingerprint density at radius 2 is 1.88 bits per heavy atom. The molecule has 1 aliphatic carbocycles.